The number of oxazole rings is 1. The highest BCUT2D eigenvalue weighted by atomic mass is 16.4. The number of carbonyl (C=O) groups excluding carboxylic acids is 1. The molecule has 1 aromatic heterocycles. The molecule has 134 valence electrons. The zero-order chi connectivity index (χ0) is 17.6. The van der Waals surface area contributed by atoms with E-state index in [1.807, 2.05) is 0 Å². The molecule has 1 amide bonds. The van der Waals surface area contributed by atoms with Crippen LogP contribution in [0.5, 0.6) is 0 Å². The van der Waals surface area contributed by atoms with Gasteiger partial charge in [0.15, 0.2) is 11.7 Å². The molecule has 0 bridgehead atoms. The van der Waals surface area contributed by atoms with Crippen molar-refractivity contribution in [1.82, 2.24) is 10.3 Å². The van der Waals surface area contributed by atoms with Crippen LogP contribution in [0.25, 0.3) is 11.3 Å². The van der Waals surface area contributed by atoms with E-state index >= 15 is 0 Å². The molecule has 3 rings (SSSR count). The van der Waals surface area contributed by atoms with E-state index in [1.54, 1.807) is 6.20 Å². The number of rotatable bonds is 7. The monoisotopic (exact) mass is 340 g/mol. The lowest BCUT2D eigenvalue weighted by atomic mass is 10.0. The average Bonchev–Trinajstić information content (AvgIpc) is 3.25. The molecule has 0 aliphatic heterocycles. The van der Waals surface area contributed by atoms with E-state index in [2.05, 4.69) is 48.4 Å². The van der Waals surface area contributed by atoms with Crippen molar-refractivity contribution in [3.63, 3.8) is 0 Å². The lowest BCUT2D eigenvalue weighted by molar-refractivity contribution is -0.121. The van der Waals surface area contributed by atoms with Crippen molar-refractivity contribution in [2.45, 2.75) is 64.8 Å². The van der Waals surface area contributed by atoms with Crippen LogP contribution in [0, 0.1) is 5.92 Å². The molecular weight excluding hydrogens is 312 g/mol. The summed E-state index contributed by atoms with van der Waals surface area (Å²) in [5, 5.41) is 3.10. The Morgan fingerprint density at radius 2 is 1.96 bits per heavy atom. The molecule has 0 saturated heterocycles. The first kappa shape index (κ1) is 17.7. The van der Waals surface area contributed by atoms with Crippen molar-refractivity contribution in [1.29, 1.82) is 0 Å². The average molecular weight is 340 g/mol. The summed E-state index contributed by atoms with van der Waals surface area (Å²) < 4.78 is 5.82. The number of benzene rings is 1. The molecule has 1 aliphatic rings. The van der Waals surface area contributed by atoms with Crippen LogP contribution in [0.2, 0.25) is 0 Å². The molecule has 0 radical (unpaired) electrons. The van der Waals surface area contributed by atoms with Crippen molar-refractivity contribution < 1.29 is 9.21 Å². The van der Waals surface area contributed by atoms with Crippen LogP contribution in [0.3, 0.4) is 0 Å². The Labute approximate surface area is 150 Å². The Balaban J connectivity index is 1.52. The second-order valence-electron chi connectivity index (χ2n) is 7.46. The maximum atomic E-state index is 12.0. The van der Waals surface area contributed by atoms with E-state index in [0.717, 1.165) is 30.6 Å². The summed E-state index contributed by atoms with van der Waals surface area (Å²) in [6.45, 7) is 4.44. The third-order valence-corrected chi connectivity index (χ3v) is 4.72. The van der Waals surface area contributed by atoms with Gasteiger partial charge in [0.1, 0.15) is 0 Å². The summed E-state index contributed by atoms with van der Waals surface area (Å²) in [4.78, 5) is 16.3. The number of aryl methyl sites for hydroxylation is 1. The first-order valence-corrected chi connectivity index (χ1v) is 9.43. The fourth-order valence-corrected chi connectivity index (χ4v) is 3.43. The molecule has 2 aromatic rings. The Kier molecular flexibility index (Phi) is 5.90. The Bertz CT molecular complexity index is 682. The van der Waals surface area contributed by atoms with Gasteiger partial charge in [-0.3, -0.25) is 4.79 Å². The zero-order valence-electron chi connectivity index (χ0n) is 15.3. The zero-order valence-corrected chi connectivity index (χ0v) is 15.3. The van der Waals surface area contributed by atoms with Gasteiger partial charge in [0.2, 0.25) is 5.91 Å². The summed E-state index contributed by atoms with van der Waals surface area (Å²) in [5.41, 5.74) is 2.36. The number of hydrogen-bond donors (Lipinski definition) is 1. The number of hydrogen-bond acceptors (Lipinski definition) is 3. The predicted molar refractivity (Wildman–Crippen MR) is 99.2 cm³/mol. The maximum Gasteiger partial charge on any atom is 0.220 e. The van der Waals surface area contributed by atoms with E-state index in [0.29, 0.717) is 30.7 Å². The maximum absolute atomic E-state index is 12.0. The van der Waals surface area contributed by atoms with Crippen molar-refractivity contribution >= 4 is 5.91 Å². The van der Waals surface area contributed by atoms with E-state index in [9.17, 15) is 4.79 Å². The van der Waals surface area contributed by atoms with Crippen LogP contribution in [0.1, 0.15) is 57.4 Å². The third-order valence-electron chi connectivity index (χ3n) is 4.72. The van der Waals surface area contributed by atoms with Gasteiger partial charge in [-0.05, 0) is 30.7 Å². The summed E-state index contributed by atoms with van der Waals surface area (Å²) in [7, 11) is 0. The van der Waals surface area contributed by atoms with Crippen molar-refractivity contribution in [3.05, 3.63) is 41.9 Å². The molecule has 1 N–H and O–H groups in total. The Morgan fingerprint density at radius 1 is 1.24 bits per heavy atom. The Hall–Kier alpha value is -2.10. The van der Waals surface area contributed by atoms with Gasteiger partial charge >= 0.3 is 0 Å². The van der Waals surface area contributed by atoms with Crippen molar-refractivity contribution in [2.24, 2.45) is 5.92 Å². The SMILES string of the molecule is CC(C)Cc1ccc(-c2cnc(CCC(=O)NC3CCCC3)o2)cc1. The lowest BCUT2D eigenvalue weighted by Crippen LogP contribution is -2.32. The molecule has 4 nitrogen and oxygen atoms in total. The Morgan fingerprint density at radius 3 is 2.64 bits per heavy atom. The van der Waals surface area contributed by atoms with E-state index < -0.39 is 0 Å². The number of carbonyl (C=O) groups is 1. The third kappa shape index (κ3) is 5.18. The molecule has 1 fully saturated rings. The summed E-state index contributed by atoms with van der Waals surface area (Å²) >= 11 is 0. The van der Waals surface area contributed by atoms with Gasteiger partial charge in [0.25, 0.3) is 0 Å². The number of nitrogens with zero attached hydrogens (tertiary/aromatic N) is 1. The number of nitrogens with one attached hydrogen (secondary N) is 1. The minimum atomic E-state index is 0.102. The summed E-state index contributed by atoms with van der Waals surface area (Å²) in [5.74, 6) is 2.15. The van der Waals surface area contributed by atoms with E-state index in [4.69, 9.17) is 4.42 Å². The fraction of sp³-hybridized carbons (Fsp3) is 0.524. The van der Waals surface area contributed by atoms with Crippen LogP contribution in [-0.2, 0) is 17.6 Å². The summed E-state index contributed by atoms with van der Waals surface area (Å²) in [6, 6.07) is 8.82. The predicted octanol–water partition coefficient (Wildman–Crippen LogP) is 4.53. The first-order chi connectivity index (χ1) is 12.1. The number of aromatic nitrogens is 1. The molecule has 25 heavy (non-hydrogen) atoms. The standard InChI is InChI=1S/C21H28N2O2/c1-15(2)13-16-7-9-17(10-8-16)19-14-22-21(25-19)12-11-20(24)23-18-5-3-4-6-18/h7-10,14-15,18H,3-6,11-13H2,1-2H3,(H,23,24). The van der Waals surface area contributed by atoms with E-state index in [1.165, 1.54) is 18.4 Å². The van der Waals surface area contributed by atoms with Crippen LogP contribution in [0.4, 0.5) is 0 Å². The van der Waals surface area contributed by atoms with E-state index in [-0.39, 0.29) is 5.91 Å². The van der Waals surface area contributed by atoms with Gasteiger partial charge in [0.05, 0.1) is 6.20 Å². The fourth-order valence-electron chi connectivity index (χ4n) is 3.43. The van der Waals surface area contributed by atoms with Gasteiger partial charge < -0.3 is 9.73 Å². The molecule has 4 heteroatoms. The highest BCUT2D eigenvalue weighted by molar-refractivity contribution is 5.76. The van der Waals surface area contributed by atoms with Gasteiger partial charge in [0, 0.05) is 24.4 Å². The van der Waals surface area contributed by atoms with Gasteiger partial charge in [-0.15, -0.1) is 0 Å². The normalized spacial score (nSPS) is 15.0. The van der Waals surface area contributed by atoms with Crippen LogP contribution < -0.4 is 5.32 Å². The molecule has 1 aromatic carbocycles. The van der Waals surface area contributed by atoms with Gasteiger partial charge in [-0.1, -0.05) is 51.0 Å². The number of amides is 1. The molecule has 0 unspecified atom stereocenters. The van der Waals surface area contributed by atoms with Crippen molar-refractivity contribution in [3.8, 4) is 11.3 Å². The minimum absolute atomic E-state index is 0.102. The molecule has 0 spiro atoms. The van der Waals surface area contributed by atoms with Gasteiger partial charge in [-0.25, -0.2) is 4.98 Å². The highest BCUT2D eigenvalue weighted by Crippen LogP contribution is 2.22. The molecule has 0 atom stereocenters. The largest absolute Gasteiger partial charge is 0.441 e. The van der Waals surface area contributed by atoms with Gasteiger partial charge in [-0.2, -0.15) is 0 Å². The first-order valence-electron chi connectivity index (χ1n) is 9.43. The molecule has 1 heterocycles. The second kappa shape index (κ2) is 8.32. The lowest BCUT2D eigenvalue weighted by Gasteiger charge is -2.10. The quantitative estimate of drug-likeness (QED) is 0.805. The van der Waals surface area contributed by atoms with Crippen molar-refractivity contribution in [2.75, 3.05) is 0 Å². The molecule has 1 saturated carbocycles. The molecule has 1 aliphatic carbocycles. The molecular formula is C21H28N2O2. The second-order valence-corrected chi connectivity index (χ2v) is 7.46. The summed E-state index contributed by atoms with van der Waals surface area (Å²) in [6.07, 6.45) is 8.49. The van der Waals surface area contributed by atoms with Crippen LogP contribution in [-0.4, -0.2) is 16.9 Å². The van der Waals surface area contributed by atoms with Crippen LogP contribution >= 0.6 is 0 Å². The highest BCUT2D eigenvalue weighted by Gasteiger charge is 2.17. The minimum Gasteiger partial charge on any atom is -0.441 e. The smallest absolute Gasteiger partial charge is 0.220 e. The topological polar surface area (TPSA) is 55.1 Å². The van der Waals surface area contributed by atoms with Crippen LogP contribution in [0.15, 0.2) is 34.9 Å².